The Labute approximate surface area is 65.3 Å². The van der Waals surface area contributed by atoms with Gasteiger partial charge in [0, 0.05) is 21.1 Å². The van der Waals surface area contributed by atoms with Crippen LogP contribution in [0.4, 0.5) is 0 Å². The molecule has 54 valence electrons. The molecule has 0 amide bonds. The van der Waals surface area contributed by atoms with E-state index in [4.69, 9.17) is 11.5 Å². The predicted molar refractivity (Wildman–Crippen MR) is 31.9 cm³/mol. The Hall–Kier alpha value is 0.608. The van der Waals surface area contributed by atoms with Crippen LogP contribution in [0.3, 0.4) is 0 Å². The first-order valence-electron chi connectivity index (χ1n) is 2.52. The second kappa shape index (κ2) is 4.48. The summed E-state index contributed by atoms with van der Waals surface area (Å²) in [5, 5.41) is 0. The zero-order valence-corrected chi connectivity index (χ0v) is 7.66. The zero-order valence-electron chi connectivity index (χ0n) is 5.39. The van der Waals surface area contributed by atoms with E-state index >= 15 is 0 Å². The molecule has 0 radical (unpaired) electrons. The van der Waals surface area contributed by atoms with E-state index in [0.717, 1.165) is 0 Å². The van der Waals surface area contributed by atoms with Crippen molar-refractivity contribution in [3.8, 4) is 0 Å². The van der Waals surface area contributed by atoms with Gasteiger partial charge in [0.2, 0.25) is 0 Å². The average Bonchev–Trinajstić information content (AvgIpc) is 1.68. The Kier molecular flexibility index (Phi) is 6.40. The molecule has 0 saturated heterocycles. The first kappa shape index (κ1) is 11.4. The fourth-order valence-corrected chi connectivity index (χ4v) is 0.0833. The Bertz CT molecular complexity index is 48.4. The van der Waals surface area contributed by atoms with Crippen LogP contribution in [0.2, 0.25) is 0 Å². The summed E-state index contributed by atoms with van der Waals surface area (Å²) in [7, 11) is 0. The second-order valence-corrected chi connectivity index (χ2v) is 2.57. The monoisotopic (exact) mass is 297 g/mol. The smallest absolute Gasteiger partial charge is 0 e. The summed E-state index contributed by atoms with van der Waals surface area (Å²) in [6.07, 6.45) is 0. The molecule has 0 spiro atoms. The van der Waals surface area contributed by atoms with E-state index in [2.05, 4.69) is 0 Å². The molecule has 0 bridgehead atoms. The van der Waals surface area contributed by atoms with E-state index in [1.807, 2.05) is 13.8 Å². The van der Waals surface area contributed by atoms with Crippen molar-refractivity contribution in [3.05, 3.63) is 0 Å². The van der Waals surface area contributed by atoms with Crippen LogP contribution in [0, 0.1) is 5.41 Å². The van der Waals surface area contributed by atoms with E-state index in [0.29, 0.717) is 13.1 Å². The number of hydrogen-bond acceptors (Lipinski definition) is 2. The quantitative estimate of drug-likeness (QED) is 0.749. The Morgan fingerprint density at radius 2 is 1.38 bits per heavy atom. The minimum absolute atomic E-state index is 0. The fraction of sp³-hybridized carbons (Fsp3) is 1.00. The summed E-state index contributed by atoms with van der Waals surface area (Å²) in [4.78, 5) is 0. The summed E-state index contributed by atoms with van der Waals surface area (Å²) in [5.41, 5.74) is 10.8. The van der Waals surface area contributed by atoms with Crippen LogP contribution in [0.1, 0.15) is 13.8 Å². The summed E-state index contributed by atoms with van der Waals surface area (Å²) in [6.45, 7) is 5.44. The van der Waals surface area contributed by atoms with Crippen LogP contribution in [-0.2, 0) is 21.1 Å². The third-order valence-electron chi connectivity index (χ3n) is 1.11. The summed E-state index contributed by atoms with van der Waals surface area (Å²) >= 11 is 0. The van der Waals surface area contributed by atoms with Crippen molar-refractivity contribution in [2.24, 2.45) is 16.9 Å². The Morgan fingerprint density at radius 3 is 1.38 bits per heavy atom. The van der Waals surface area contributed by atoms with Gasteiger partial charge in [-0.05, 0) is 18.5 Å². The van der Waals surface area contributed by atoms with Crippen molar-refractivity contribution in [2.45, 2.75) is 13.8 Å². The van der Waals surface area contributed by atoms with Gasteiger partial charge in [-0.2, -0.15) is 0 Å². The van der Waals surface area contributed by atoms with Gasteiger partial charge in [0.15, 0.2) is 0 Å². The number of nitrogens with two attached hydrogens (primary N) is 2. The first-order valence-corrected chi connectivity index (χ1v) is 2.52. The normalized spacial score (nSPS) is 10.5. The van der Waals surface area contributed by atoms with Crippen LogP contribution in [0.5, 0.6) is 0 Å². The molecule has 2 nitrogen and oxygen atoms in total. The minimum Gasteiger partial charge on any atom is -0.330 e. The van der Waals surface area contributed by atoms with Crippen LogP contribution in [-0.4, -0.2) is 13.1 Å². The third kappa shape index (κ3) is 4.76. The third-order valence-corrected chi connectivity index (χ3v) is 1.11. The van der Waals surface area contributed by atoms with Gasteiger partial charge in [-0.25, -0.2) is 0 Å². The fourth-order valence-electron chi connectivity index (χ4n) is 0.0833. The summed E-state index contributed by atoms with van der Waals surface area (Å²) in [5.74, 6) is 0. The van der Waals surface area contributed by atoms with E-state index in [1.54, 1.807) is 0 Å². The van der Waals surface area contributed by atoms with E-state index < -0.39 is 0 Å². The van der Waals surface area contributed by atoms with E-state index in [-0.39, 0.29) is 26.5 Å². The maximum absolute atomic E-state index is 5.34. The number of rotatable bonds is 2. The molecular weight excluding hydrogens is 283 g/mol. The standard InChI is InChI=1S/C5H14N2.Pt/c1-5(2,3-6)4-7;/h3-4,6-7H2,1-2H3;. The largest absolute Gasteiger partial charge is 0.330 e. The first-order chi connectivity index (χ1) is 3.12. The van der Waals surface area contributed by atoms with Crippen molar-refractivity contribution in [2.75, 3.05) is 13.1 Å². The average molecular weight is 297 g/mol. The van der Waals surface area contributed by atoms with Crippen molar-refractivity contribution < 1.29 is 21.1 Å². The van der Waals surface area contributed by atoms with Crippen LogP contribution >= 0.6 is 0 Å². The van der Waals surface area contributed by atoms with Crippen molar-refractivity contribution in [3.63, 3.8) is 0 Å². The van der Waals surface area contributed by atoms with Gasteiger partial charge in [-0.15, -0.1) is 0 Å². The Balaban J connectivity index is 0. The van der Waals surface area contributed by atoms with E-state index in [9.17, 15) is 0 Å². The van der Waals surface area contributed by atoms with Crippen molar-refractivity contribution in [1.82, 2.24) is 0 Å². The molecule has 0 aromatic rings. The van der Waals surface area contributed by atoms with Gasteiger partial charge < -0.3 is 11.5 Å². The maximum atomic E-state index is 5.34. The minimum atomic E-state index is 0. The molecule has 0 atom stereocenters. The summed E-state index contributed by atoms with van der Waals surface area (Å²) in [6, 6.07) is 0. The molecule has 8 heavy (non-hydrogen) atoms. The molecule has 0 heterocycles. The maximum Gasteiger partial charge on any atom is 0 e. The zero-order chi connectivity index (χ0) is 5.91. The molecule has 0 aromatic heterocycles. The topological polar surface area (TPSA) is 52.0 Å². The molecule has 4 N–H and O–H groups in total. The molecule has 0 unspecified atom stereocenters. The van der Waals surface area contributed by atoms with Gasteiger partial charge >= 0.3 is 0 Å². The molecule has 0 aromatic carbocycles. The van der Waals surface area contributed by atoms with Gasteiger partial charge in [-0.1, -0.05) is 13.8 Å². The van der Waals surface area contributed by atoms with E-state index in [1.165, 1.54) is 0 Å². The molecule has 0 aliphatic heterocycles. The van der Waals surface area contributed by atoms with Crippen LogP contribution in [0.25, 0.3) is 0 Å². The summed E-state index contributed by atoms with van der Waals surface area (Å²) < 4.78 is 0. The van der Waals surface area contributed by atoms with Gasteiger partial charge in [0.25, 0.3) is 0 Å². The van der Waals surface area contributed by atoms with Gasteiger partial charge in [-0.3, -0.25) is 0 Å². The second-order valence-electron chi connectivity index (χ2n) is 2.57. The van der Waals surface area contributed by atoms with Crippen molar-refractivity contribution in [1.29, 1.82) is 0 Å². The molecular formula is C5H14N2Pt. The predicted octanol–water partition coefficient (Wildman–Crippen LogP) is -0.0725. The molecule has 0 fully saturated rings. The molecule has 0 aliphatic carbocycles. The Morgan fingerprint density at radius 1 is 1.12 bits per heavy atom. The molecule has 0 saturated carbocycles. The molecule has 0 aliphatic rings. The van der Waals surface area contributed by atoms with Gasteiger partial charge in [0.1, 0.15) is 0 Å². The van der Waals surface area contributed by atoms with Crippen LogP contribution < -0.4 is 11.5 Å². The van der Waals surface area contributed by atoms with Crippen LogP contribution in [0.15, 0.2) is 0 Å². The van der Waals surface area contributed by atoms with Gasteiger partial charge in [0.05, 0.1) is 0 Å². The molecule has 0 rings (SSSR count). The number of hydrogen-bond donors (Lipinski definition) is 2. The van der Waals surface area contributed by atoms with Crippen molar-refractivity contribution >= 4 is 0 Å². The SMILES string of the molecule is CC(C)(CN)CN.[Pt]. The molecule has 3 heteroatoms.